The van der Waals surface area contributed by atoms with E-state index in [1.54, 1.807) is 24.3 Å². The molecule has 5 heteroatoms. The summed E-state index contributed by atoms with van der Waals surface area (Å²) in [6.45, 7) is 7.91. The van der Waals surface area contributed by atoms with E-state index in [9.17, 15) is 9.59 Å². The molecule has 0 aromatic heterocycles. The zero-order valence-electron chi connectivity index (χ0n) is 14.2. The van der Waals surface area contributed by atoms with E-state index in [2.05, 4.69) is 16.0 Å². The summed E-state index contributed by atoms with van der Waals surface area (Å²) in [5.74, 6) is 0.539. The first-order chi connectivity index (χ1) is 10.8. The second kappa shape index (κ2) is 7.59. The molecule has 0 radical (unpaired) electrons. The number of nitrogens with one attached hydrogen (secondary N) is 3. The lowest BCUT2D eigenvalue weighted by Crippen LogP contribution is -2.40. The van der Waals surface area contributed by atoms with Crippen LogP contribution in [-0.2, 0) is 4.79 Å². The Labute approximate surface area is 138 Å². The standard InChI is InChI=1S/C18H27N3O2/c1-18(2,3)21-17(23)14-5-7-15(8-6-14)20-16(22)9-4-13-10-11-19-12-13/h5-8,13,19H,4,9-12H2,1-3H3,(H,20,22)(H,21,23). The highest BCUT2D eigenvalue weighted by molar-refractivity contribution is 5.96. The molecular weight excluding hydrogens is 290 g/mol. The number of hydrogen-bond acceptors (Lipinski definition) is 3. The van der Waals surface area contributed by atoms with Crippen LogP contribution in [0.4, 0.5) is 5.69 Å². The van der Waals surface area contributed by atoms with Gasteiger partial charge in [-0.3, -0.25) is 9.59 Å². The normalized spacial score (nSPS) is 17.8. The fraction of sp³-hybridized carbons (Fsp3) is 0.556. The average molecular weight is 317 g/mol. The Bertz CT molecular complexity index is 540. The Morgan fingerprint density at radius 1 is 1.22 bits per heavy atom. The molecule has 1 aliphatic heterocycles. The van der Waals surface area contributed by atoms with Crippen LogP contribution in [0.15, 0.2) is 24.3 Å². The molecule has 1 unspecified atom stereocenters. The molecule has 1 atom stereocenters. The maximum absolute atomic E-state index is 12.0. The molecule has 126 valence electrons. The summed E-state index contributed by atoms with van der Waals surface area (Å²) in [5, 5.41) is 9.11. The molecule has 1 heterocycles. The fourth-order valence-electron chi connectivity index (χ4n) is 2.64. The quantitative estimate of drug-likeness (QED) is 0.781. The molecule has 0 spiro atoms. The van der Waals surface area contributed by atoms with Crippen LogP contribution in [0.5, 0.6) is 0 Å². The highest BCUT2D eigenvalue weighted by Crippen LogP contribution is 2.16. The van der Waals surface area contributed by atoms with Crippen molar-refractivity contribution in [2.75, 3.05) is 18.4 Å². The fourth-order valence-corrected chi connectivity index (χ4v) is 2.64. The van der Waals surface area contributed by atoms with Crippen molar-refractivity contribution in [3.8, 4) is 0 Å². The number of benzene rings is 1. The van der Waals surface area contributed by atoms with Gasteiger partial charge >= 0.3 is 0 Å². The molecule has 2 rings (SSSR count). The van der Waals surface area contributed by atoms with Crippen LogP contribution in [-0.4, -0.2) is 30.4 Å². The van der Waals surface area contributed by atoms with E-state index in [4.69, 9.17) is 0 Å². The van der Waals surface area contributed by atoms with Gasteiger partial charge in [-0.15, -0.1) is 0 Å². The second-order valence-corrected chi connectivity index (χ2v) is 7.23. The van der Waals surface area contributed by atoms with E-state index in [1.807, 2.05) is 20.8 Å². The largest absolute Gasteiger partial charge is 0.347 e. The Balaban J connectivity index is 1.82. The lowest BCUT2D eigenvalue weighted by molar-refractivity contribution is -0.116. The molecule has 1 saturated heterocycles. The first-order valence-corrected chi connectivity index (χ1v) is 8.27. The maximum atomic E-state index is 12.0. The number of carbonyl (C=O) groups excluding carboxylic acids is 2. The molecule has 2 amide bonds. The SMILES string of the molecule is CC(C)(C)NC(=O)c1ccc(NC(=O)CCC2CCNC2)cc1. The summed E-state index contributed by atoms with van der Waals surface area (Å²) >= 11 is 0. The highest BCUT2D eigenvalue weighted by Gasteiger charge is 2.16. The van der Waals surface area contributed by atoms with Crippen molar-refractivity contribution in [3.05, 3.63) is 29.8 Å². The molecule has 23 heavy (non-hydrogen) atoms. The number of carbonyl (C=O) groups is 2. The van der Waals surface area contributed by atoms with Crippen LogP contribution in [0.3, 0.4) is 0 Å². The Kier molecular flexibility index (Phi) is 5.77. The molecule has 5 nitrogen and oxygen atoms in total. The minimum atomic E-state index is -0.265. The van der Waals surface area contributed by atoms with Crippen LogP contribution in [0.2, 0.25) is 0 Å². The van der Waals surface area contributed by atoms with Crippen molar-refractivity contribution in [1.82, 2.24) is 10.6 Å². The molecule has 1 aromatic carbocycles. The van der Waals surface area contributed by atoms with Gasteiger partial charge in [0.15, 0.2) is 0 Å². The van der Waals surface area contributed by atoms with Crippen molar-refractivity contribution in [3.63, 3.8) is 0 Å². The van der Waals surface area contributed by atoms with Crippen LogP contribution in [0, 0.1) is 5.92 Å². The van der Waals surface area contributed by atoms with Crippen LogP contribution < -0.4 is 16.0 Å². The number of anilines is 1. The Morgan fingerprint density at radius 3 is 2.48 bits per heavy atom. The van der Waals surface area contributed by atoms with Crippen molar-refractivity contribution >= 4 is 17.5 Å². The zero-order valence-corrected chi connectivity index (χ0v) is 14.2. The first-order valence-electron chi connectivity index (χ1n) is 8.27. The van der Waals surface area contributed by atoms with E-state index in [0.29, 0.717) is 17.9 Å². The van der Waals surface area contributed by atoms with Gasteiger partial charge in [-0.1, -0.05) is 0 Å². The van der Waals surface area contributed by atoms with Gasteiger partial charge in [0, 0.05) is 23.2 Å². The number of rotatable bonds is 5. The summed E-state index contributed by atoms with van der Waals surface area (Å²) in [6.07, 6.45) is 2.62. The third-order valence-electron chi connectivity index (χ3n) is 3.86. The predicted octanol–water partition coefficient (Wildman–Crippen LogP) is 2.54. The van der Waals surface area contributed by atoms with Crippen LogP contribution in [0.1, 0.15) is 50.4 Å². The first kappa shape index (κ1) is 17.5. The third-order valence-corrected chi connectivity index (χ3v) is 3.86. The minimum absolute atomic E-state index is 0.0313. The van der Waals surface area contributed by atoms with Gasteiger partial charge in [0.1, 0.15) is 0 Å². The molecular formula is C18H27N3O2. The van der Waals surface area contributed by atoms with Gasteiger partial charge in [0.05, 0.1) is 0 Å². The topological polar surface area (TPSA) is 70.2 Å². The summed E-state index contributed by atoms with van der Waals surface area (Å²) in [6, 6.07) is 7.01. The van der Waals surface area contributed by atoms with Gasteiger partial charge < -0.3 is 16.0 Å². The van der Waals surface area contributed by atoms with Crippen molar-refractivity contribution < 1.29 is 9.59 Å². The van der Waals surface area contributed by atoms with Gasteiger partial charge in [0.2, 0.25) is 5.91 Å². The molecule has 1 aromatic rings. The van der Waals surface area contributed by atoms with E-state index in [-0.39, 0.29) is 17.4 Å². The van der Waals surface area contributed by atoms with E-state index in [1.165, 1.54) is 0 Å². The lowest BCUT2D eigenvalue weighted by Gasteiger charge is -2.20. The minimum Gasteiger partial charge on any atom is -0.347 e. The predicted molar refractivity (Wildman–Crippen MR) is 92.5 cm³/mol. The molecule has 3 N–H and O–H groups in total. The average Bonchev–Trinajstić information content (AvgIpc) is 2.97. The monoisotopic (exact) mass is 317 g/mol. The summed E-state index contributed by atoms with van der Waals surface area (Å²) in [7, 11) is 0. The summed E-state index contributed by atoms with van der Waals surface area (Å²) < 4.78 is 0. The molecule has 0 aliphatic carbocycles. The van der Waals surface area contributed by atoms with Gasteiger partial charge in [-0.05, 0) is 76.9 Å². The van der Waals surface area contributed by atoms with E-state index in [0.717, 1.165) is 31.6 Å². The van der Waals surface area contributed by atoms with Crippen molar-refractivity contribution in [2.45, 2.75) is 45.6 Å². The van der Waals surface area contributed by atoms with Crippen molar-refractivity contribution in [1.29, 1.82) is 0 Å². The zero-order chi connectivity index (χ0) is 16.9. The number of amides is 2. The molecule has 0 saturated carbocycles. The van der Waals surface area contributed by atoms with Gasteiger partial charge in [-0.2, -0.15) is 0 Å². The molecule has 0 bridgehead atoms. The third kappa shape index (κ3) is 6.02. The Hall–Kier alpha value is -1.88. The summed E-state index contributed by atoms with van der Waals surface area (Å²) in [5.41, 5.74) is 1.06. The van der Waals surface area contributed by atoms with Crippen LogP contribution >= 0.6 is 0 Å². The molecule has 1 fully saturated rings. The van der Waals surface area contributed by atoms with E-state index < -0.39 is 0 Å². The smallest absolute Gasteiger partial charge is 0.251 e. The van der Waals surface area contributed by atoms with Gasteiger partial charge in [-0.25, -0.2) is 0 Å². The van der Waals surface area contributed by atoms with Gasteiger partial charge in [0.25, 0.3) is 5.91 Å². The lowest BCUT2D eigenvalue weighted by atomic mass is 10.0. The maximum Gasteiger partial charge on any atom is 0.251 e. The highest BCUT2D eigenvalue weighted by atomic mass is 16.2. The summed E-state index contributed by atoms with van der Waals surface area (Å²) in [4.78, 5) is 24.0. The second-order valence-electron chi connectivity index (χ2n) is 7.23. The van der Waals surface area contributed by atoms with E-state index >= 15 is 0 Å². The van der Waals surface area contributed by atoms with Crippen molar-refractivity contribution in [2.24, 2.45) is 5.92 Å². The Morgan fingerprint density at radius 2 is 1.91 bits per heavy atom. The van der Waals surface area contributed by atoms with Crippen LogP contribution in [0.25, 0.3) is 0 Å². The number of hydrogen-bond donors (Lipinski definition) is 3. The molecule has 1 aliphatic rings.